The summed E-state index contributed by atoms with van der Waals surface area (Å²) in [6.07, 6.45) is 0.830. The highest BCUT2D eigenvalue weighted by Crippen LogP contribution is 2.36. The lowest BCUT2D eigenvalue weighted by Crippen LogP contribution is -2.32. The summed E-state index contributed by atoms with van der Waals surface area (Å²) < 4.78 is 15.8. The Hall–Kier alpha value is -3.26. The van der Waals surface area contributed by atoms with E-state index in [1.54, 1.807) is 31.2 Å². The fourth-order valence-corrected chi connectivity index (χ4v) is 2.99. The highest BCUT2D eigenvalue weighted by molar-refractivity contribution is 6.32. The lowest BCUT2D eigenvalue weighted by atomic mass is 10.2. The second-order valence-electron chi connectivity index (χ2n) is 6.11. The van der Waals surface area contributed by atoms with Crippen molar-refractivity contribution in [3.63, 3.8) is 0 Å². The number of hydrogen-bond acceptors (Lipinski definition) is 6. The predicted molar refractivity (Wildman–Crippen MR) is 109 cm³/mol. The number of aromatic amines is 1. The van der Waals surface area contributed by atoms with Crippen molar-refractivity contribution in [1.29, 1.82) is 0 Å². The first-order chi connectivity index (χ1) is 14.0. The smallest absolute Gasteiger partial charge is 0.338 e. The van der Waals surface area contributed by atoms with E-state index in [0.29, 0.717) is 33.3 Å². The Morgan fingerprint density at radius 1 is 1.17 bits per heavy atom. The number of nitrogens with one attached hydrogen (secondary N) is 2. The lowest BCUT2D eigenvalue weighted by Gasteiger charge is -2.18. The normalized spacial score (nSPS) is 11.7. The van der Waals surface area contributed by atoms with Crippen LogP contribution in [0.15, 0.2) is 36.7 Å². The van der Waals surface area contributed by atoms with E-state index in [0.717, 1.165) is 5.52 Å². The van der Waals surface area contributed by atoms with Gasteiger partial charge in [-0.1, -0.05) is 18.5 Å². The second-order valence-corrected chi connectivity index (χ2v) is 6.52. The predicted octanol–water partition coefficient (Wildman–Crippen LogP) is 3.81. The molecular formula is C20H20ClN3O5. The quantitative estimate of drug-likeness (QED) is 0.567. The number of nitrogens with zero attached hydrogens (tertiary/aromatic N) is 1. The van der Waals surface area contributed by atoms with Gasteiger partial charge in [-0.05, 0) is 30.7 Å². The summed E-state index contributed by atoms with van der Waals surface area (Å²) in [7, 11) is 2.94. The summed E-state index contributed by atoms with van der Waals surface area (Å²) in [6.45, 7) is 1.74. The first-order valence-electron chi connectivity index (χ1n) is 8.83. The zero-order valence-corrected chi connectivity index (χ0v) is 16.9. The van der Waals surface area contributed by atoms with E-state index in [4.69, 9.17) is 25.8 Å². The van der Waals surface area contributed by atoms with Crippen LogP contribution < -0.4 is 14.8 Å². The minimum atomic E-state index is -0.995. The van der Waals surface area contributed by atoms with Crippen LogP contribution in [-0.4, -0.2) is 42.2 Å². The van der Waals surface area contributed by atoms with Gasteiger partial charge in [0.15, 0.2) is 6.10 Å². The van der Waals surface area contributed by atoms with Crippen LogP contribution in [0, 0.1) is 0 Å². The summed E-state index contributed by atoms with van der Waals surface area (Å²) in [5, 5.41) is 3.00. The van der Waals surface area contributed by atoms with Gasteiger partial charge in [0.25, 0.3) is 5.91 Å². The SMILES string of the molecule is CCC(OC(=O)c1ccc2nc[nH]c2c1)C(=O)Nc1cc(Cl)c(OC)cc1OC. The summed E-state index contributed by atoms with van der Waals surface area (Å²) in [5.74, 6) is -0.328. The standard InChI is InChI=1S/C20H20ClN3O5/c1-4-16(29-20(26)11-5-6-13-14(7-11)23-10-22-13)19(25)24-15-8-12(21)17(27-2)9-18(15)28-3/h5-10,16H,4H2,1-3H3,(H,22,23)(H,24,25). The molecule has 1 atom stereocenters. The average Bonchev–Trinajstić information content (AvgIpc) is 3.19. The number of halogens is 1. The van der Waals surface area contributed by atoms with Gasteiger partial charge in [0, 0.05) is 6.07 Å². The van der Waals surface area contributed by atoms with Gasteiger partial charge in [-0.15, -0.1) is 0 Å². The molecule has 0 spiro atoms. The first kappa shape index (κ1) is 20.5. The molecule has 0 saturated carbocycles. The number of benzene rings is 2. The molecule has 8 nitrogen and oxygen atoms in total. The van der Waals surface area contributed by atoms with Gasteiger partial charge in [-0.2, -0.15) is 0 Å². The number of carbonyl (C=O) groups is 2. The third kappa shape index (κ3) is 4.43. The Morgan fingerprint density at radius 2 is 1.93 bits per heavy atom. The number of methoxy groups -OCH3 is 2. The maximum absolute atomic E-state index is 12.7. The molecule has 1 amide bonds. The number of imidazole rings is 1. The second kappa shape index (κ2) is 8.83. The van der Waals surface area contributed by atoms with Crippen LogP contribution in [0.25, 0.3) is 11.0 Å². The number of rotatable bonds is 7. The molecule has 0 aliphatic rings. The molecule has 0 aliphatic carbocycles. The third-order valence-corrected chi connectivity index (χ3v) is 4.60. The van der Waals surface area contributed by atoms with E-state index in [1.165, 1.54) is 26.6 Å². The fourth-order valence-electron chi connectivity index (χ4n) is 2.75. The number of amides is 1. The molecule has 0 aliphatic heterocycles. The van der Waals surface area contributed by atoms with Crippen molar-refractivity contribution in [3.8, 4) is 11.5 Å². The van der Waals surface area contributed by atoms with Crippen molar-refractivity contribution >= 4 is 40.2 Å². The Labute approximate surface area is 172 Å². The number of fused-ring (bicyclic) bond motifs is 1. The lowest BCUT2D eigenvalue weighted by molar-refractivity contribution is -0.124. The van der Waals surface area contributed by atoms with Gasteiger partial charge in [-0.25, -0.2) is 9.78 Å². The van der Waals surface area contributed by atoms with Gasteiger partial charge in [0.1, 0.15) is 11.5 Å². The molecule has 3 aromatic rings. The molecular weight excluding hydrogens is 398 g/mol. The van der Waals surface area contributed by atoms with E-state index in [2.05, 4.69) is 15.3 Å². The molecule has 9 heteroatoms. The molecule has 0 saturated heterocycles. The van der Waals surface area contributed by atoms with Crippen LogP contribution in [0.1, 0.15) is 23.7 Å². The number of aromatic nitrogens is 2. The minimum absolute atomic E-state index is 0.288. The number of hydrogen-bond donors (Lipinski definition) is 2. The summed E-state index contributed by atoms with van der Waals surface area (Å²) in [6, 6.07) is 8.00. The summed E-state index contributed by atoms with van der Waals surface area (Å²) in [4.78, 5) is 32.2. The Kier molecular flexibility index (Phi) is 6.23. The fraction of sp³-hybridized carbons (Fsp3) is 0.250. The van der Waals surface area contributed by atoms with E-state index in [1.807, 2.05) is 0 Å². The molecule has 2 N–H and O–H groups in total. The maximum atomic E-state index is 12.7. The van der Waals surface area contributed by atoms with Crippen LogP contribution in [0.3, 0.4) is 0 Å². The minimum Gasteiger partial charge on any atom is -0.495 e. The maximum Gasteiger partial charge on any atom is 0.338 e. The zero-order chi connectivity index (χ0) is 21.0. The molecule has 29 heavy (non-hydrogen) atoms. The molecule has 0 radical (unpaired) electrons. The van der Waals surface area contributed by atoms with E-state index < -0.39 is 18.0 Å². The molecule has 152 valence electrons. The highest BCUT2D eigenvalue weighted by atomic mass is 35.5. The molecule has 2 aromatic carbocycles. The highest BCUT2D eigenvalue weighted by Gasteiger charge is 2.24. The van der Waals surface area contributed by atoms with E-state index in [-0.39, 0.29) is 6.42 Å². The van der Waals surface area contributed by atoms with Crippen LogP contribution >= 0.6 is 11.6 Å². The van der Waals surface area contributed by atoms with Crippen LogP contribution in [0.2, 0.25) is 5.02 Å². The summed E-state index contributed by atoms with van der Waals surface area (Å²) in [5.41, 5.74) is 2.10. The van der Waals surface area contributed by atoms with Gasteiger partial charge >= 0.3 is 5.97 Å². The molecule has 1 heterocycles. The topological polar surface area (TPSA) is 103 Å². The van der Waals surface area contributed by atoms with Gasteiger partial charge in [0.2, 0.25) is 0 Å². The van der Waals surface area contributed by atoms with Crippen molar-refractivity contribution in [2.75, 3.05) is 19.5 Å². The first-order valence-corrected chi connectivity index (χ1v) is 9.21. The molecule has 3 rings (SSSR count). The van der Waals surface area contributed by atoms with Crippen molar-refractivity contribution < 1.29 is 23.8 Å². The third-order valence-electron chi connectivity index (χ3n) is 4.30. The molecule has 0 fully saturated rings. The Morgan fingerprint density at radius 3 is 2.62 bits per heavy atom. The number of ether oxygens (including phenoxy) is 3. The van der Waals surface area contributed by atoms with E-state index in [9.17, 15) is 9.59 Å². The Bertz CT molecular complexity index is 1050. The van der Waals surface area contributed by atoms with Crippen molar-refractivity contribution in [3.05, 3.63) is 47.2 Å². The molecule has 0 bridgehead atoms. The summed E-state index contributed by atoms with van der Waals surface area (Å²) >= 11 is 6.13. The zero-order valence-electron chi connectivity index (χ0n) is 16.1. The van der Waals surface area contributed by atoms with Crippen molar-refractivity contribution in [2.45, 2.75) is 19.4 Å². The largest absolute Gasteiger partial charge is 0.495 e. The van der Waals surface area contributed by atoms with Crippen molar-refractivity contribution in [1.82, 2.24) is 9.97 Å². The molecule has 1 unspecified atom stereocenters. The molecule has 1 aromatic heterocycles. The average molecular weight is 418 g/mol. The monoisotopic (exact) mass is 417 g/mol. The number of anilines is 1. The number of carbonyl (C=O) groups excluding carboxylic acids is 2. The van der Waals surface area contributed by atoms with Gasteiger partial charge in [0.05, 0.1) is 47.9 Å². The van der Waals surface area contributed by atoms with Crippen LogP contribution in [-0.2, 0) is 9.53 Å². The van der Waals surface area contributed by atoms with Crippen LogP contribution in [0.5, 0.6) is 11.5 Å². The van der Waals surface area contributed by atoms with Gasteiger partial charge in [-0.3, -0.25) is 4.79 Å². The van der Waals surface area contributed by atoms with Crippen molar-refractivity contribution in [2.24, 2.45) is 0 Å². The number of H-pyrrole nitrogens is 1. The van der Waals surface area contributed by atoms with E-state index >= 15 is 0 Å². The van der Waals surface area contributed by atoms with Gasteiger partial charge < -0.3 is 24.5 Å². The Balaban J connectivity index is 1.75. The van der Waals surface area contributed by atoms with Crippen LogP contribution in [0.4, 0.5) is 5.69 Å². The number of esters is 1.